The fraction of sp³-hybridized carbons (Fsp3) is 0.480. The summed E-state index contributed by atoms with van der Waals surface area (Å²) in [4.78, 5) is 0. The van der Waals surface area contributed by atoms with Crippen molar-refractivity contribution in [3.8, 4) is 16.9 Å². The highest BCUT2D eigenvalue weighted by molar-refractivity contribution is 6.74. The Kier molecular flexibility index (Phi) is 6.83. The summed E-state index contributed by atoms with van der Waals surface area (Å²) in [5.41, 5.74) is 4.88. The largest absolute Gasteiger partial charge is 0.497 e. The van der Waals surface area contributed by atoms with E-state index in [-0.39, 0.29) is 10.5 Å². The van der Waals surface area contributed by atoms with Crippen LogP contribution in [0.25, 0.3) is 11.1 Å². The lowest BCUT2D eigenvalue weighted by atomic mass is 9.87. The van der Waals surface area contributed by atoms with Crippen LogP contribution in [0.5, 0.6) is 5.75 Å². The van der Waals surface area contributed by atoms with Gasteiger partial charge in [0, 0.05) is 0 Å². The van der Waals surface area contributed by atoms with Gasteiger partial charge in [0.05, 0.1) is 13.7 Å². The average Bonchev–Trinajstić information content (AvgIpc) is 2.57. The summed E-state index contributed by atoms with van der Waals surface area (Å²) in [5, 5.41) is 0.217. The van der Waals surface area contributed by atoms with Crippen LogP contribution in [0.3, 0.4) is 0 Å². The highest BCUT2D eigenvalue weighted by Gasteiger charge is 2.37. The molecule has 0 saturated heterocycles. The SMILES string of the molecule is COc1cc([CH]C(C)(C)C)cc(-c2cccc(CO[Si](C)(C)C(C)(C)C)c2)c1. The number of hydrogen-bond donors (Lipinski definition) is 0. The molecule has 0 bridgehead atoms. The quantitative estimate of drug-likeness (QED) is 0.470. The molecule has 0 heterocycles. The maximum absolute atomic E-state index is 6.41. The molecule has 0 aromatic heterocycles. The van der Waals surface area contributed by atoms with Crippen molar-refractivity contribution in [1.29, 1.82) is 0 Å². The summed E-state index contributed by atoms with van der Waals surface area (Å²) < 4.78 is 12.0. The van der Waals surface area contributed by atoms with Crippen LogP contribution in [0, 0.1) is 11.8 Å². The number of ether oxygens (including phenoxy) is 1. The Morgan fingerprint density at radius 1 is 0.893 bits per heavy atom. The monoisotopic (exact) mass is 397 g/mol. The third-order valence-electron chi connectivity index (χ3n) is 5.43. The van der Waals surface area contributed by atoms with Gasteiger partial charge in [0.15, 0.2) is 8.32 Å². The molecule has 153 valence electrons. The summed E-state index contributed by atoms with van der Waals surface area (Å²) in [6, 6.07) is 15.1. The van der Waals surface area contributed by atoms with Gasteiger partial charge in [-0.25, -0.2) is 0 Å². The van der Waals surface area contributed by atoms with Gasteiger partial charge in [0.1, 0.15) is 5.75 Å². The summed E-state index contributed by atoms with van der Waals surface area (Å²) in [5.74, 6) is 0.885. The van der Waals surface area contributed by atoms with Gasteiger partial charge in [-0.3, -0.25) is 0 Å². The normalized spacial score (nSPS) is 12.9. The lowest BCUT2D eigenvalue weighted by molar-refractivity contribution is 0.276. The predicted molar refractivity (Wildman–Crippen MR) is 123 cm³/mol. The molecule has 2 rings (SSSR count). The van der Waals surface area contributed by atoms with E-state index in [1.807, 2.05) is 0 Å². The summed E-state index contributed by atoms with van der Waals surface area (Å²) in [6.45, 7) is 18.7. The fourth-order valence-corrected chi connectivity index (χ4v) is 3.77. The van der Waals surface area contributed by atoms with Gasteiger partial charge in [-0.05, 0) is 70.4 Å². The van der Waals surface area contributed by atoms with Crippen LogP contribution in [-0.4, -0.2) is 15.4 Å². The minimum absolute atomic E-state index is 0.114. The van der Waals surface area contributed by atoms with Crippen molar-refractivity contribution in [3.63, 3.8) is 0 Å². The Hall–Kier alpha value is -1.58. The first-order valence-electron chi connectivity index (χ1n) is 10.1. The van der Waals surface area contributed by atoms with Crippen LogP contribution in [0.15, 0.2) is 42.5 Å². The third kappa shape index (κ3) is 6.21. The zero-order chi connectivity index (χ0) is 21.2. The molecule has 28 heavy (non-hydrogen) atoms. The van der Waals surface area contributed by atoms with Crippen molar-refractivity contribution >= 4 is 8.32 Å². The molecular formula is C25H37O2Si. The lowest BCUT2D eigenvalue weighted by Gasteiger charge is -2.36. The van der Waals surface area contributed by atoms with Crippen LogP contribution in [0.2, 0.25) is 18.1 Å². The Labute approximate surface area is 173 Å². The van der Waals surface area contributed by atoms with Crippen molar-refractivity contribution in [2.75, 3.05) is 7.11 Å². The zero-order valence-electron chi connectivity index (χ0n) is 19.1. The van der Waals surface area contributed by atoms with E-state index in [9.17, 15) is 0 Å². The second-order valence-corrected chi connectivity index (χ2v) is 15.1. The van der Waals surface area contributed by atoms with E-state index in [0.29, 0.717) is 6.61 Å². The lowest BCUT2D eigenvalue weighted by Crippen LogP contribution is -2.40. The highest BCUT2D eigenvalue weighted by atomic mass is 28.4. The van der Waals surface area contributed by atoms with Gasteiger partial charge in [0.25, 0.3) is 0 Å². The molecular weight excluding hydrogens is 360 g/mol. The molecule has 0 spiro atoms. The van der Waals surface area contributed by atoms with Crippen molar-refractivity contribution in [2.24, 2.45) is 5.41 Å². The summed E-state index contributed by atoms with van der Waals surface area (Å²) in [7, 11) is -0.0342. The Balaban J connectivity index is 2.29. The topological polar surface area (TPSA) is 18.5 Å². The fourth-order valence-electron chi connectivity index (χ4n) is 2.81. The molecule has 2 aromatic carbocycles. The van der Waals surface area contributed by atoms with Crippen molar-refractivity contribution in [3.05, 3.63) is 60.0 Å². The number of methoxy groups -OCH3 is 1. The predicted octanol–water partition coefficient (Wildman–Crippen LogP) is 7.48. The van der Waals surface area contributed by atoms with Gasteiger partial charge >= 0.3 is 0 Å². The van der Waals surface area contributed by atoms with Crippen LogP contribution < -0.4 is 4.74 Å². The van der Waals surface area contributed by atoms with Crippen LogP contribution in [0.1, 0.15) is 52.7 Å². The van der Waals surface area contributed by atoms with Crippen molar-refractivity contribution in [2.45, 2.75) is 66.3 Å². The Bertz CT molecular complexity index is 795. The minimum atomic E-state index is -1.76. The zero-order valence-corrected chi connectivity index (χ0v) is 20.1. The Morgan fingerprint density at radius 2 is 1.57 bits per heavy atom. The van der Waals surface area contributed by atoms with Gasteiger partial charge in [-0.15, -0.1) is 0 Å². The van der Waals surface area contributed by atoms with Gasteiger partial charge in [-0.2, -0.15) is 0 Å². The number of benzene rings is 2. The molecule has 0 aliphatic carbocycles. The average molecular weight is 398 g/mol. The van der Waals surface area contributed by atoms with E-state index in [4.69, 9.17) is 9.16 Å². The summed E-state index contributed by atoms with van der Waals surface area (Å²) >= 11 is 0. The van der Waals surface area contributed by atoms with E-state index in [0.717, 1.165) is 5.75 Å². The van der Waals surface area contributed by atoms with Gasteiger partial charge < -0.3 is 9.16 Å². The molecule has 0 saturated carbocycles. The van der Waals surface area contributed by atoms with E-state index in [1.165, 1.54) is 22.3 Å². The molecule has 2 aromatic rings. The summed E-state index contributed by atoms with van der Waals surface area (Å²) in [6.07, 6.45) is 2.28. The molecule has 3 heteroatoms. The molecule has 0 N–H and O–H groups in total. The van der Waals surface area contributed by atoms with Crippen LogP contribution in [-0.2, 0) is 11.0 Å². The maximum Gasteiger partial charge on any atom is 0.192 e. The smallest absolute Gasteiger partial charge is 0.192 e. The van der Waals surface area contributed by atoms with Gasteiger partial charge in [0.2, 0.25) is 0 Å². The van der Waals surface area contributed by atoms with Gasteiger partial charge in [-0.1, -0.05) is 65.8 Å². The molecule has 0 fully saturated rings. The molecule has 0 atom stereocenters. The minimum Gasteiger partial charge on any atom is -0.497 e. The van der Waals surface area contributed by atoms with Crippen LogP contribution in [0.4, 0.5) is 0 Å². The van der Waals surface area contributed by atoms with Crippen molar-refractivity contribution in [1.82, 2.24) is 0 Å². The van der Waals surface area contributed by atoms with E-state index in [2.05, 4.69) is 104 Å². The van der Waals surface area contributed by atoms with Crippen molar-refractivity contribution < 1.29 is 9.16 Å². The number of rotatable bonds is 6. The second-order valence-electron chi connectivity index (χ2n) is 10.3. The first-order chi connectivity index (χ1) is 12.8. The van der Waals surface area contributed by atoms with E-state index < -0.39 is 8.32 Å². The first kappa shape index (κ1) is 22.7. The molecule has 0 aliphatic heterocycles. The molecule has 0 unspecified atom stereocenters. The standard InChI is InChI=1S/C25H37O2Si/c1-24(2,3)17-20-14-22(16-23(15-20)26-7)21-12-10-11-19(13-21)18-27-28(8,9)25(4,5)6/h10-17H,18H2,1-9H3. The maximum atomic E-state index is 6.41. The molecule has 2 nitrogen and oxygen atoms in total. The van der Waals surface area contributed by atoms with Crippen LogP contribution >= 0.6 is 0 Å². The highest BCUT2D eigenvalue weighted by Crippen LogP contribution is 2.37. The molecule has 0 amide bonds. The molecule has 1 radical (unpaired) electrons. The van der Waals surface area contributed by atoms with E-state index >= 15 is 0 Å². The number of hydrogen-bond acceptors (Lipinski definition) is 2. The third-order valence-corrected chi connectivity index (χ3v) is 9.91. The second kappa shape index (κ2) is 8.42. The Morgan fingerprint density at radius 3 is 2.14 bits per heavy atom. The van der Waals surface area contributed by atoms with E-state index in [1.54, 1.807) is 7.11 Å². The first-order valence-corrected chi connectivity index (χ1v) is 13.0. The molecule has 0 aliphatic rings.